The van der Waals surface area contributed by atoms with Gasteiger partial charge in [-0.3, -0.25) is 0 Å². The maximum Gasteiger partial charge on any atom is 0.513 e. The predicted molar refractivity (Wildman–Crippen MR) is 68.9 cm³/mol. The summed E-state index contributed by atoms with van der Waals surface area (Å²) in [6, 6.07) is 5.37. The minimum absolute atomic E-state index is 0.0673. The Kier molecular flexibility index (Phi) is 4.74. The highest BCUT2D eigenvalue weighted by atomic mass is 19.4. The lowest BCUT2D eigenvalue weighted by atomic mass is 9.79. The average Bonchev–Trinajstić information content (AvgIpc) is 2.87. The average molecular weight is 273 g/mol. The molecule has 1 unspecified atom stereocenters. The van der Waals surface area contributed by atoms with E-state index in [0.29, 0.717) is 13.0 Å². The van der Waals surface area contributed by atoms with E-state index in [2.05, 4.69) is 0 Å². The number of rotatable bonds is 6. The summed E-state index contributed by atoms with van der Waals surface area (Å²) >= 11 is 0. The minimum Gasteiger partial charge on any atom is -0.497 e. The van der Waals surface area contributed by atoms with E-state index in [1.165, 1.54) is 12.1 Å². The molecule has 6 heteroatoms. The van der Waals surface area contributed by atoms with Gasteiger partial charge < -0.3 is 22.4 Å². The Balaban J connectivity index is 1.82. The molecule has 0 spiro atoms. The molecule has 1 aliphatic heterocycles. The van der Waals surface area contributed by atoms with E-state index in [0.717, 1.165) is 31.9 Å². The van der Waals surface area contributed by atoms with Crippen LogP contribution in [0.25, 0.3) is 0 Å². The molecule has 2 rings (SSSR count). The highest BCUT2D eigenvalue weighted by molar-refractivity contribution is 6.74. The summed E-state index contributed by atoms with van der Waals surface area (Å²) in [5.41, 5.74) is -0.653. The SMILES string of the molecule is F[B-](F)(F)c1ccccc1OCCCC1CCCO1. The van der Waals surface area contributed by atoms with Gasteiger partial charge in [0.1, 0.15) is 0 Å². The van der Waals surface area contributed by atoms with E-state index in [1.54, 1.807) is 6.07 Å². The second-order valence-corrected chi connectivity index (χ2v) is 4.74. The van der Waals surface area contributed by atoms with Gasteiger partial charge in [0.15, 0.2) is 0 Å². The van der Waals surface area contributed by atoms with Crippen molar-refractivity contribution in [2.45, 2.75) is 31.8 Å². The molecule has 106 valence electrons. The van der Waals surface area contributed by atoms with Crippen LogP contribution in [0.3, 0.4) is 0 Å². The smallest absolute Gasteiger partial charge is 0.497 e. The first-order chi connectivity index (χ1) is 9.07. The topological polar surface area (TPSA) is 18.5 Å². The summed E-state index contributed by atoms with van der Waals surface area (Å²) in [4.78, 5) is 0. The highest BCUT2D eigenvalue weighted by Crippen LogP contribution is 2.19. The molecule has 19 heavy (non-hydrogen) atoms. The van der Waals surface area contributed by atoms with Gasteiger partial charge in [0.25, 0.3) is 0 Å². The summed E-state index contributed by atoms with van der Waals surface area (Å²) in [6.07, 6.45) is 3.93. The zero-order valence-electron chi connectivity index (χ0n) is 10.7. The molecule has 2 nitrogen and oxygen atoms in total. The Morgan fingerprint density at radius 3 is 2.74 bits per heavy atom. The van der Waals surface area contributed by atoms with Crippen LogP contribution in [0.15, 0.2) is 24.3 Å². The zero-order chi connectivity index (χ0) is 13.7. The Labute approximate surface area is 111 Å². The lowest BCUT2D eigenvalue weighted by Gasteiger charge is -2.19. The lowest BCUT2D eigenvalue weighted by Crippen LogP contribution is -2.35. The number of halogens is 3. The predicted octanol–water partition coefficient (Wildman–Crippen LogP) is 3.08. The van der Waals surface area contributed by atoms with Gasteiger partial charge in [-0.05, 0) is 31.7 Å². The molecule has 0 radical (unpaired) electrons. The van der Waals surface area contributed by atoms with E-state index in [4.69, 9.17) is 9.47 Å². The lowest BCUT2D eigenvalue weighted by molar-refractivity contribution is 0.0981. The fourth-order valence-electron chi connectivity index (χ4n) is 2.25. The summed E-state index contributed by atoms with van der Waals surface area (Å²) in [7, 11) is 0. The molecule has 1 aromatic rings. The minimum atomic E-state index is -5.02. The van der Waals surface area contributed by atoms with Gasteiger partial charge in [-0.15, -0.1) is 0 Å². The highest BCUT2D eigenvalue weighted by Gasteiger charge is 2.28. The molecule has 1 atom stereocenters. The molecule has 0 saturated carbocycles. The fraction of sp³-hybridized carbons (Fsp3) is 0.538. The van der Waals surface area contributed by atoms with Crippen molar-refractivity contribution in [2.75, 3.05) is 13.2 Å². The van der Waals surface area contributed by atoms with Gasteiger partial charge in [0, 0.05) is 6.61 Å². The van der Waals surface area contributed by atoms with Crippen molar-refractivity contribution in [3.8, 4) is 5.75 Å². The van der Waals surface area contributed by atoms with Gasteiger partial charge in [-0.2, -0.15) is 0 Å². The molecule has 1 aromatic carbocycles. The van der Waals surface area contributed by atoms with E-state index < -0.39 is 12.4 Å². The van der Waals surface area contributed by atoms with Crippen molar-refractivity contribution in [3.63, 3.8) is 0 Å². The zero-order valence-corrected chi connectivity index (χ0v) is 10.7. The van der Waals surface area contributed by atoms with E-state index in [9.17, 15) is 12.9 Å². The van der Waals surface area contributed by atoms with E-state index in [1.807, 2.05) is 0 Å². The van der Waals surface area contributed by atoms with Crippen LogP contribution in [0.2, 0.25) is 0 Å². The number of para-hydroxylation sites is 1. The molecular formula is C13H17BF3O2-. The van der Waals surface area contributed by atoms with Gasteiger partial charge >= 0.3 is 6.98 Å². The standard InChI is InChI=1S/C13H17BF3O2/c15-14(16,17)12-7-1-2-8-13(12)19-10-4-6-11-5-3-9-18-11/h1-2,7-8,11H,3-6,9-10H2/q-1. The van der Waals surface area contributed by atoms with Gasteiger partial charge in [0.2, 0.25) is 0 Å². The molecule has 0 N–H and O–H groups in total. The van der Waals surface area contributed by atoms with Crippen LogP contribution >= 0.6 is 0 Å². The molecule has 0 bridgehead atoms. The molecule has 1 aliphatic rings. The summed E-state index contributed by atoms with van der Waals surface area (Å²) in [6.45, 7) is -3.93. The maximum absolute atomic E-state index is 12.8. The Morgan fingerprint density at radius 1 is 1.26 bits per heavy atom. The Morgan fingerprint density at radius 2 is 2.05 bits per heavy atom. The molecule has 0 amide bonds. The van der Waals surface area contributed by atoms with Crippen molar-refractivity contribution in [2.24, 2.45) is 0 Å². The van der Waals surface area contributed by atoms with Gasteiger partial charge in [-0.1, -0.05) is 23.7 Å². The Bertz CT molecular complexity index is 403. The Hall–Kier alpha value is -1.17. The molecule has 1 saturated heterocycles. The van der Waals surface area contributed by atoms with E-state index in [-0.39, 0.29) is 11.9 Å². The first kappa shape index (κ1) is 14.2. The van der Waals surface area contributed by atoms with E-state index >= 15 is 0 Å². The first-order valence-electron chi connectivity index (χ1n) is 6.60. The summed E-state index contributed by atoms with van der Waals surface area (Å²) in [5.74, 6) is -0.0673. The molecule has 0 aromatic heterocycles. The third kappa shape index (κ3) is 4.16. The van der Waals surface area contributed by atoms with Crippen molar-refractivity contribution in [1.29, 1.82) is 0 Å². The van der Waals surface area contributed by atoms with Crippen molar-refractivity contribution in [1.82, 2.24) is 0 Å². The first-order valence-corrected chi connectivity index (χ1v) is 6.60. The second-order valence-electron chi connectivity index (χ2n) is 4.74. The van der Waals surface area contributed by atoms with Crippen LogP contribution in [-0.4, -0.2) is 26.3 Å². The van der Waals surface area contributed by atoms with Crippen LogP contribution in [-0.2, 0) is 4.74 Å². The molecule has 1 heterocycles. The quantitative estimate of drug-likeness (QED) is 0.585. The largest absolute Gasteiger partial charge is 0.513 e. The summed E-state index contributed by atoms with van der Waals surface area (Å²) in [5, 5.41) is 0. The number of hydrogen-bond donors (Lipinski definition) is 0. The van der Waals surface area contributed by atoms with Crippen molar-refractivity contribution >= 4 is 12.4 Å². The summed E-state index contributed by atoms with van der Waals surface area (Å²) < 4.78 is 49.0. The fourth-order valence-corrected chi connectivity index (χ4v) is 2.25. The number of hydrogen-bond acceptors (Lipinski definition) is 2. The van der Waals surface area contributed by atoms with Crippen molar-refractivity contribution in [3.05, 3.63) is 24.3 Å². The number of benzene rings is 1. The molecule has 0 aliphatic carbocycles. The van der Waals surface area contributed by atoms with Gasteiger partial charge in [-0.25, -0.2) is 0 Å². The van der Waals surface area contributed by atoms with Crippen LogP contribution in [0.5, 0.6) is 5.75 Å². The monoisotopic (exact) mass is 273 g/mol. The maximum atomic E-state index is 12.8. The molecule has 1 fully saturated rings. The van der Waals surface area contributed by atoms with Crippen LogP contribution in [0.1, 0.15) is 25.7 Å². The number of ether oxygens (including phenoxy) is 2. The van der Waals surface area contributed by atoms with Crippen LogP contribution in [0, 0.1) is 0 Å². The molecular weight excluding hydrogens is 256 g/mol. The second kappa shape index (κ2) is 6.32. The van der Waals surface area contributed by atoms with Crippen LogP contribution < -0.4 is 10.2 Å². The normalized spacial score (nSPS) is 19.6. The van der Waals surface area contributed by atoms with Gasteiger partial charge in [0.05, 0.1) is 18.5 Å². The van der Waals surface area contributed by atoms with Crippen molar-refractivity contribution < 1.29 is 22.4 Å². The third-order valence-corrected chi connectivity index (χ3v) is 3.22. The van der Waals surface area contributed by atoms with Crippen LogP contribution in [0.4, 0.5) is 12.9 Å². The third-order valence-electron chi connectivity index (χ3n) is 3.22.